The summed E-state index contributed by atoms with van der Waals surface area (Å²) in [6, 6.07) is 9.44. The second-order valence-electron chi connectivity index (χ2n) is 4.64. The van der Waals surface area contributed by atoms with Crippen molar-refractivity contribution in [1.82, 2.24) is 9.97 Å². The number of imidazole rings is 1. The number of H-pyrrole nitrogens is 1. The number of aromatic nitrogens is 2. The van der Waals surface area contributed by atoms with Gasteiger partial charge in [-0.2, -0.15) is 5.26 Å². The summed E-state index contributed by atoms with van der Waals surface area (Å²) in [4.78, 5) is 7.52. The van der Waals surface area contributed by atoms with E-state index in [1.165, 1.54) is 0 Å². The molecule has 2 rings (SSSR count). The summed E-state index contributed by atoms with van der Waals surface area (Å²) in [5, 5.41) is 8.88. The first-order valence-electron chi connectivity index (χ1n) is 5.93. The molecule has 4 heteroatoms. The Hall–Kier alpha value is -2.12. The number of nitrogens with zero attached hydrogens (tertiary/aromatic N) is 2. The molecule has 0 aliphatic heterocycles. The van der Waals surface area contributed by atoms with Gasteiger partial charge in [-0.15, -0.1) is 0 Å². The van der Waals surface area contributed by atoms with Crippen molar-refractivity contribution < 1.29 is 0 Å². The van der Waals surface area contributed by atoms with E-state index in [0.29, 0.717) is 11.5 Å². The maximum absolute atomic E-state index is 8.88. The second kappa shape index (κ2) is 5.03. The quantitative estimate of drug-likeness (QED) is 0.865. The minimum Gasteiger partial charge on any atom is -0.341 e. The maximum atomic E-state index is 8.88. The molecule has 0 aliphatic rings. The Morgan fingerprint density at radius 1 is 1.39 bits per heavy atom. The minimum atomic E-state index is -0.0992. The Balaban J connectivity index is 2.32. The lowest BCUT2D eigenvalue weighted by Crippen LogP contribution is -2.18. The molecule has 0 amide bonds. The van der Waals surface area contributed by atoms with Gasteiger partial charge in [0.1, 0.15) is 5.82 Å². The van der Waals surface area contributed by atoms with Crippen LogP contribution in [-0.4, -0.2) is 9.97 Å². The normalized spacial score (nSPS) is 12.4. The van der Waals surface area contributed by atoms with E-state index in [1.807, 2.05) is 18.2 Å². The molecular weight excluding hydrogens is 224 g/mol. The smallest absolute Gasteiger partial charge is 0.123 e. The molecule has 0 spiro atoms. The van der Waals surface area contributed by atoms with E-state index >= 15 is 0 Å². The zero-order valence-electron chi connectivity index (χ0n) is 10.5. The van der Waals surface area contributed by atoms with Gasteiger partial charge in [-0.25, -0.2) is 4.98 Å². The molecule has 3 N–H and O–H groups in total. The summed E-state index contributed by atoms with van der Waals surface area (Å²) >= 11 is 0. The van der Waals surface area contributed by atoms with Crippen LogP contribution in [-0.2, 0) is 0 Å². The summed E-state index contributed by atoms with van der Waals surface area (Å²) < 4.78 is 0. The average molecular weight is 240 g/mol. The van der Waals surface area contributed by atoms with Crippen LogP contribution < -0.4 is 5.73 Å². The van der Waals surface area contributed by atoms with Crippen molar-refractivity contribution in [3.63, 3.8) is 0 Å². The van der Waals surface area contributed by atoms with Gasteiger partial charge < -0.3 is 10.7 Å². The van der Waals surface area contributed by atoms with E-state index in [-0.39, 0.29) is 6.04 Å². The summed E-state index contributed by atoms with van der Waals surface area (Å²) in [5.74, 6) is 1.11. The first-order valence-corrected chi connectivity index (χ1v) is 5.93. The highest BCUT2D eigenvalue weighted by atomic mass is 15.0. The summed E-state index contributed by atoms with van der Waals surface area (Å²) in [7, 11) is 0. The van der Waals surface area contributed by atoms with Gasteiger partial charge >= 0.3 is 0 Å². The molecule has 0 fully saturated rings. The molecule has 0 radical (unpaired) electrons. The highest BCUT2D eigenvalue weighted by molar-refractivity contribution is 5.60. The molecular formula is C14H16N4. The van der Waals surface area contributed by atoms with Crippen LogP contribution in [0, 0.1) is 17.2 Å². The van der Waals surface area contributed by atoms with Crippen molar-refractivity contribution in [1.29, 1.82) is 5.26 Å². The van der Waals surface area contributed by atoms with Gasteiger partial charge in [-0.3, -0.25) is 0 Å². The summed E-state index contributed by atoms with van der Waals surface area (Å²) in [6.45, 7) is 4.12. The molecule has 1 heterocycles. The van der Waals surface area contributed by atoms with E-state index in [4.69, 9.17) is 11.0 Å². The summed E-state index contributed by atoms with van der Waals surface area (Å²) in [6.07, 6.45) is 1.76. The van der Waals surface area contributed by atoms with Crippen molar-refractivity contribution in [2.75, 3.05) is 0 Å². The topological polar surface area (TPSA) is 78.5 Å². The molecule has 0 saturated heterocycles. The molecule has 0 saturated carbocycles. The lowest BCUT2D eigenvalue weighted by atomic mass is 10.1. The SMILES string of the molecule is CC(C)C(N)c1ncc(-c2cccc(C#N)c2)[nH]1. The number of nitrogens with one attached hydrogen (secondary N) is 1. The van der Waals surface area contributed by atoms with Crippen molar-refractivity contribution in [3.8, 4) is 17.3 Å². The van der Waals surface area contributed by atoms with Gasteiger partial charge in [-0.05, 0) is 18.1 Å². The molecule has 0 bridgehead atoms. The van der Waals surface area contributed by atoms with Crippen molar-refractivity contribution in [3.05, 3.63) is 41.9 Å². The van der Waals surface area contributed by atoms with E-state index in [1.54, 1.807) is 12.3 Å². The van der Waals surface area contributed by atoms with Gasteiger partial charge in [0.05, 0.1) is 29.6 Å². The summed E-state index contributed by atoms with van der Waals surface area (Å²) in [5.41, 5.74) is 8.51. The number of benzene rings is 1. The lowest BCUT2D eigenvalue weighted by Gasteiger charge is -2.12. The van der Waals surface area contributed by atoms with Crippen LogP contribution in [0.4, 0.5) is 0 Å². The molecule has 18 heavy (non-hydrogen) atoms. The van der Waals surface area contributed by atoms with Crippen LogP contribution in [0.2, 0.25) is 0 Å². The zero-order chi connectivity index (χ0) is 13.1. The van der Waals surface area contributed by atoms with Crippen molar-refractivity contribution in [2.45, 2.75) is 19.9 Å². The number of hydrogen-bond acceptors (Lipinski definition) is 3. The molecule has 1 atom stereocenters. The highest BCUT2D eigenvalue weighted by Gasteiger charge is 2.14. The Bertz CT molecular complexity index is 577. The monoisotopic (exact) mass is 240 g/mol. The van der Waals surface area contributed by atoms with Crippen LogP contribution in [0.3, 0.4) is 0 Å². The molecule has 1 aromatic heterocycles. The van der Waals surface area contributed by atoms with Gasteiger partial charge in [0, 0.05) is 5.56 Å². The minimum absolute atomic E-state index is 0.0992. The fraction of sp³-hybridized carbons (Fsp3) is 0.286. The third-order valence-electron chi connectivity index (χ3n) is 2.93. The van der Waals surface area contributed by atoms with E-state index in [0.717, 1.165) is 17.1 Å². The standard InChI is InChI=1S/C14H16N4/c1-9(2)13(16)14-17-8-12(18-14)11-5-3-4-10(6-11)7-15/h3-6,8-9,13H,16H2,1-2H3,(H,17,18). The van der Waals surface area contributed by atoms with E-state index in [9.17, 15) is 0 Å². The molecule has 2 aromatic rings. The van der Waals surface area contributed by atoms with Crippen LogP contribution in [0.15, 0.2) is 30.5 Å². The molecule has 1 aromatic carbocycles. The third-order valence-corrected chi connectivity index (χ3v) is 2.93. The van der Waals surface area contributed by atoms with Crippen LogP contribution in [0.25, 0.3) is 11.3 Å². The number of nitriles is 1. The number of aromatic amines is 1. The van der Waals surface area contributed by atoms with Gasteiger partial charge in [-0.1, -0.05) is 26.0 Å². The zero-order valence-corrected chi connectivity index (χ0v) is 10.5. The van der Waals surface area contributed by atoms with Crippen LogP contribution >= 0.6 is 0 Å². The Kier molecular flexibility index (Phi) is 3.45. The first kappa shape index (κ1) is 12.3. The molecule has 4 nitrogen and oxygen atoms in total. The Morgan fingerprint density at radius 2 is 2.17 bits per heavy atom. The van der Waals surface area contributed by atoms with Crippen molar-refractivity contribution in [2.24, 2.45) is 11.7 Å². The average Bonchev–Trinajstić information content (AvgIpc) is 2.87. The second-order valence-corrected chi connectivity index (χ2v) is 4.64. The first-order chi connectivity index (χ1) is 8.61. The largest absolute Gasteiger partial charge is 0.341 e. The Labute approximate surface area is 106 Å². The molecule has 92 valence electrons. The van der Waals surface area contributed by atoms with Crippen LogP contribution in [0.5, 0.6) is 0 Å². The highest BCUT2D eigenvalue weighted by Crippen LogP contribution is 2.22. The van der Waals surface area contributed by atoms with E-state index < -0.39 is 0 Å². The Morgan fingerprint density at radius 3 is 2.83 bits per heavy atom. The molecule has 0 aliphatic carbocycles. The number of hydrogen-bond donors (Lipinski definition) is 2. The van der Waals surface area contributed by atoms with E-state index in [2.05, 4.69) is 29.9 Å². The fourth-order valence-electron chi connectivity index (χ4n) is 1.72. The van der Waals surface area contributed by atoms with Crippen LogP contribution in [0.1, 0.15) is 31.3 Å². The predicted octanol–water partition coefficient (Wildman–Crippen LogP) is 2.60. The predicted molar refractivity (Wildman–Crippen MR) is 70.5 cm³/mol. The fourth-order valence-corrected chi connectivity index (χ4v) is 1.72. The molecule has 1 unspecified atom stereocenters. The van der Waals surface area contributed by atoms with Gasteiger partial charge in [0.15, 0.2) is 0 Å². The maximum Gasteiger partial charge on any atom is 0.123 e. The van der Waals surface area contributed by atoms with Gasteiger partial charge in [0.2, 0.25) is 0 Å². The number of nitrogens with two attached hydrogens (primary N) is 1. The lowest BCUT2D eigenvalue weighted by molar-refractivity contribution is 0.494. The third kappa shape index (κ3) is 2.41. The number of rotatable bonds is 3. The van der Waals surface area contributed by atoms with Crippen molar-refractivity contribution >= 4 is 0 Å². The van der Waals surface area contributed by atoms with Gasteiger partial charge in [0.25, 0.3) is 0 Å².